The monoisotopic (exact) mass is 201 g/mol. The molecule has 0 aliphatic rings. The van der Waals surface area contributed by atoms with Gasteiger partial charge in [0.25, 0.3) is 0 Å². The predicted octanol–water partition coefficient (Wildman–Crippen LogP) is 1.37. The van der Waals surface area contributed by atoms with E-state index in [1.807, 2.05) is 0 Å². The Morgan fingerprint density at radius 3 is 2.33 bits per heavy atom. The van der Waals surface area contributed by atoms with E-state index in [1.54, 1.807) is 6.26 Å². The summed E-state index contributed by atoms with van der Waals surface area (Å²) in [5, 5.41) is 0. The van der Waals surface area contributed by atoms with Crippen LogP contribution in [0.1, 0.15) is 0 Å². The molecule has 0 atom stereocenters. The fourth-order valence-electron chi connectivity index (χ4n) is 0.591. The van der Waals surface area contributed by atoms with E-state index in [2.05, 4.69) is 0 Å². The quantitative estimate of drug-likeness (QED) is 0.687. The van der Waals surface area contributed by atoms with Crippen molar-refractivity contribution in [2.45, 2.75) is 6.18 Å². The van der Waals surface area contributed by atoms with Gasteiger partial charge in [-0.2, -0.15) is 24.9 Å². The molecule has 0 N–H and O–H groups in total. The third-order valence-electron chi connectivity index (χ3n) is 1.11. The van der Waals surface area contributed by atoms with E-state index in [-0.39, 0.29) is 5.75 Å². The average molecular weight is 201 g/mol. The summed E-state index contributed by atoms with van der Waals surface area (Å²) < 4.78 is 35.1. The molecule has 0 heterocycles. The van der Waals surface area contributed by atoms with Crippen molar-refractivity contribution in [2.75, 3.05) is 25.6 Å². The molecule has 1 amide bonds. The first-order valence-corrected chi connectivity index (χ1v) is 4.56. The second kappa shape index (κ2) is 4.59. The molecule has 2 nitrogen and oxygen atoms in total. The van der Waals surface area contributed by atoms with Gasteiger partial charge in [0.15, 0.2) is 0 Å². The number of alkyl halides is 3. The number of nitrogens with zero attached hydrogens (tertiary/aromatic N) is 1. The second-order valence-electron chi connectivity index (χ2n) is 2.30. The molecule has 0 aliphatic carbocycles. The minimum atomic E-state index is -4.30. The summed E-state index contributed by atoms with van der Waals surface area (Å²) in [5.74, 6) is -0.410. The highest BCUT2D eigenvalue weighted by Gasteiger charge is 2.30. The van der Waals surface area contributed by atoms with E-state index in [0.717, 1.165) is 7.05 Å². The minimum Gasteiger partial charge on any atom is -0.336 e. The zero-order valence-corrected chi connectivity index (χ0v) is 7.63. The highest BCUT2D eigenvalue weighted by Crippen LogP contribution is 2.15. The number of carbonyl (C=O) groups excluding carboxylic acids is 1. The van der Waals surface area contributed by atoms with Crippen LogP contribution in [0.25, 0.3) is 0 Å². The van der Waals surface area contributed by atoms with Crippen molar-refractivity contribution in [1.29, 1.82) is 0 Å². The predicted molar refractivity (Wildman–Crippen MR) is 42.1 cm³/mol. The molecule has 0 bridgehead atoms. The molecule has 0 fully saturated rings. The van der Waals surface area contributed by atoms with Gasteiger partial charge in [-0.1, -0.05) is 0 Å². The van der Waals surface area contributed by atoms with Gasteiger partial charge < -0.3 is 4.90 Å². The molecule has 72 valence electrons. The largest absolute Gasteiger partial charge is 0.406 e. The maximum absolute atomic E-state index is 11.7. The van der Waals surface area contributed by atoms with E-state index < -0.39 is 18.6 Å². The average Bonchev–Trinajstić information content (AvgIpc) is 1.84. The smallest absolute Gasteiger partial charge is 0.336 e. The van der Waals surface area contributed by atoms with Gasteiger partial charge in [-0.3, -0.25) is 4.79 Å². The Morgan fingerprint density at radius 1 is 1.50 bits per heavy atom. The molecule has 6 heteroatoms. The van der Waals surface area contributed by atoms with Crippen LogP contribution < -0.4 is 0 Å². The van der Waals surface area contributed by atoms with Crippen LogP contribution in [0.3, 0.4) is 0 Å². The number of amides is 1. The van der Waals surface area contributed by atoms with Crippen molar-refractivity contribution in [3.8, 4) is 0 Å². The normalized spacial score (nSPS) is 11.4. The topological polar surface area (TPSA) is 20.3 Å². The van der Waals surface area contributed by atoms with Gasteiger partial charge in [-0.15, -0.1) is 0 Å². The van der Waals surface area contributed by atoms with Crippen molar-refractivity contribution < 1.29 is 18.0 Å². The number of carbonyl (C=O) groups is 1. The summed E-state index contributed by atoms with van der Waals surface area (Å²) in [6.07, 6.45) is -2.64. The molecular formula is C6H10F3NOS. The van der Waals surface area contributed by atoms with Crippen LogP contribution in [0, 0.1) is 0 Å². The first-order chi connectivity index (χ1) is 5.37. The lowest BCUT2D eigenvalue weighted by atomic mass is 10.5. The van der Waals surface area contributed by atoms with Crippen LogP contribution in [0.4, 0.5) is 13.2 Å². The maximum atomic E-state index is 11.7. The van der Waals surface area contributed by atoms with Crippen LogP contribution >= 0.6 is 11.8 Å². The fraction of sp³-hybridized carbons (Fsp3) is 0.833. The standard InChI is InChI=1S/C6H10F3NOS/c1-10(4-6(7,8)9)5(11)3-12-2/h3-4H2,1-2H3. The number of rotatable bonds is 3. The molecule has 0 aromatic rings. The number of hydrogen-bond acceptors (Lipinski definition) is 2. The molecule has 0 unspecified atom stereocenters. The summed E-state index contributed by atoms with van der Waals surface area (Å²) in [5.41, 5.74) is 0. The second-order valence-corrected chi connectivity index (χ2v) is 3.16. The lowest BCUT2D eigenvalue weighted by Gasteiger charge is -2.18. The van der Waals surface area contributed by atoms with Gasteiger partial charge in [0.1, 0.15) is 6.54 Å². The molecule has 0 spiro atoms. The zero-order valence-electron chi connectivity index (χ0n) is 6.81. The van der Waals surface area contributed by atoms with E-state index in [0.29, 0.717) is 4.90 Å². The van der Waals surface area contributed by atoms with E-state index in [4.69, 9.17) is 0 Å². The van der Waals surface area contributed by atoms with Crippen molar-refractivity contribution >= 4 is 17.7 Å². The zero-order chi connectivity index (χ0) is 9.78. The Labute approximate surface area is 73.1 Å². The number of halogens is 3. The minimum absolute atomic E-state index is 0.0899. The van der Waals surface area contributed by atoms with Crippen LogP contribution in [0.15, 0.2) is 0 Å². The van der Waals surface area contributed by atoms with Gasteiger partial charge in [0.05, 0.1) is 5.75 Å². The highest BCUT2D eigenvalue weighted by molar-refractivity contribution is 7.99. The van der Waals surface area contributed by atoms with Crippen LogP contribution in [-0.4, -0.2) is 42.6 Å². The SMILES string of the molecule is CSCC(=O)N(C)CC(F)(F)F. The van der Waals surface area contributed by atoms with Gasteiger partial charge >= 0.3 is 6.18 Å². The van der Waals surface area contributed by atoms with Crippen molar-refractivity contribution in [2.24, 2.45) is 0 Å². The number of thioether (sulfide) groups is 1. The molecule has 12 heavy (non-hydrogen) atoms. The van der Waals surface area contributed by atoms with E-state index >= 15 is 0 Å². The van der Waals surface area contributed by atoms with Gasteiger partial charge in [-0.25, -0.2) is 0 Å². The lowest BCUT2D eigenvalue weighted by Crippen LogP contribution is -2.36. The van der Waals surface area contributed by atoms with E-state index in [9.17, 15) is 18.0 Å². The summed E-state index contributed by atoms with van der Waals surface area (Å²) in [7, 11) is 1.14. The van der Waals surface area contributed by atoms with Crippen molar-refractivity contribution in [3.05, 3.63) is 0 Å². The summed E-state index contributed by atoms with van der Waals surface area (Å²) in [4.78, 5) is 11.5. The maximum Gasteiger partial charge on any atom is 0.406 e. The number of hydrogen-bond donors (Lipinski definition) is 0. The lowest BCUT2D eigenvalue weighted by molar-refractivity contribution is -0.156. The molecule has 0 radical (unpaired) electrons. The Morgan fingerprint density at radius 2 is 2.00 bits per heavy atom. The summed E-state index contributed by atoms with van der Waals surface area (Å²) >= 11 is 1.21. The molecule has 0 aromatic heterocycles. The molecule has 0 aliphatic heterocycles. The Hall–Kier alpha value is -0.390. The summed E-state index contributed by atoms with van der Waals surface area (Å²) in [6.45, 7) is -1.17. The molecule has 0 saturated heterocycles. The van der Waals surface area contributed by atoms with Gasteiger partial charge in [-0.05, 0) is 6.26 Å². The van der Waals surface area contributed by atoms with Crippen LogP contribution in [-0.2, 0) is 4.79 Å². The van der Waals surface area contributed by atoms with Crippen molar-refractivity contribution in [3.63, 3.8) is 0 Å². The Bertz CT molecular complexity index is 159. The summed E-state index contributed by atoms with van der Waals surface area (Å²) in [6, 6.07) is 0. The highest BCUT2D eigenvalue weighted by atomic mass is 32.2. The first kappa shape index (κ1) is 11.6. The molecule has 0 rings (SSSR count). The molecule has 0 aromatic carbocycles. The van der Waals surface area contributed by atoms with Crippen LogP contribution in [0.2, 0.25) is 0 Å². The molecule has 0 saturated carbocycles. The van der Waals surface area contributed by atoms with Gasteiger partial charge in [0.2, 0.25) is 5.91 Å². The van der Waals surface area contributed by atoms with Gasteiger partial charge in [0, 0.05) is 7.05 Å². The molecular weight excluding hydrogens is 191 g/mol. The Balaban J connectivity index is 3.87. The Kier molecular flexibility index (Phi) is 4.44. The fourth-order valence-corrected chi connectivity index (χ4v) is 1.06. The third kappa shape index (κ3) is 5.29. The van der Waals surface area contributed by atoms with Crippen molar-refractivity contribution in [1.82, 2.24) is 4.90 Å². The van der Waals surface area contributed by atoms with E-state index in [1.165, 1.54) is 11.8 Å². The first-order valence-electron chi connectivity index (χ1n) is 3.16. The van der Waals surface area contributed by atoms with Crippen LogP contribution in [0.5, 0.6) is 0 Å². The third-order valence-corrected chi connectivity index (χ3v) is 1.65.